The Kier molecular flexibility index (Phi) is 7.80. The molecule has 0 aliphatic heterocycles. The fourth-order valence-electron chi connectivity index (χ4n) is 3.47. The third kappa shape index (κ3) is 5.14. The lowest BCUT2D eigenvalue weighted by molar-refractivity contribution is 0.0997. The molecule has 0 N–H and O–H groups in total. The van der Waals surface area contributed by atoms with Crippen LogP contribution in [0.15, 0.2) is 58.4 Å². The maximum atomic E-state index is 12.9. The number of hydrogen-bond acceptors (Lipinski definition) is 4. The highest BCUT2D eigenvalue weighted by molar-refractivity contribution is 7.89. The molecule has 0 aliphatic rings. The maximum Gasteiger partial charge on any atom is 0.279 e. The van der Waals surface area contributed by atoms with E-state index < -0.39 is 10.0 Å². The fraction of sp³-hybridized carbons (Fsp3) is 0.391. The summed E-state index contributed by atoms with van der Waals surface area (Å²) in [5.41, 5.74) is 1.44. The molecule has 0 spiro atoms. The fourth-order valence-corrected chi connectivity index (χ4v) is 6.15. The molecule has 0 bridgehead atoms. The zero-order chi connectivity index (χ0) is 22.4. The van der Waals surface area contributed by atoms with Crippen molar-refractivity contribution in [2.24, 2.45) is 4.99 Å². The van der Waals surface area contributed by atoms with Crippen LogP contribution in [0.25, 0.3) is 10.2 Å². The van der Waals surface area contributed by atoms with Crippen LogP contribution < -0.4 is 4.80 Å². The van der Waals surface area contributed by atoms with Gasteiger partial charge in [-0.25, -0.2) is 8.42 Å². The Bertz CT molecular complexity index is 1200. The van der Waals surface area contributed by atoms with Gasteiger partial charge < -0.3 is 4.57 Å². The van der Waals surface area contributed by atoms with E-state index in [0.717, 1.165) is 36.0 Å². The third-order valence-corrected chi connectivity index (χ3v) is 7.89. The monoisotopic (exact) mass is 459 g/mol. The number of aryl methyl sites for hydroxylation is 1. The molecule has 31 heavy (non-hydrogen) atoms. The van der Waals surface area contributed by atoms with Crippen molar-refractivity contribution in [2.75, 3.05) is 13.1 Å². The van der Waals surface area contributed by atoms with Crippen LogP contribution in [0.5, 0.6) is 0 Å². The number of thiazole rings is 1. The first-order valence-electron chi connectivity index (χ1n) is 10.7. The number of sulfonamides is 1. The third-order valence-electron chi connectivity index (χ3n) is 4.92. The molecule has 166 valence electrons. The average Bonchev–Trinajstić information content (AvgIpc) is 3.11. The molecule has 1 heterocycles. The number of benzene rings is 2. The highest BCUT2D eigenvalue weighted by atomic mass is 32.2. The highest BCUT2D eigenvalue weighted by Crippen LogP contribution is 2.19. The average molecular weight is 460 g/mol. The smallest absolute Gasteiger partial charge is 0.279 e. The molecule has 1 aromatic heterocycles. The van der Waals surface area contributed by atoms with E-state index in [2.05, 4.69) is 16.5 Å². The molecule has 0 saturated carbocycles. The molecule has 3 rings (SSSR count). The number of nitrogens with zero attached hydrogens (tertiary/aromatic N) is 3. The number of carbonyl (C=O) groups is 1. The van der Waals surface area contributed by atoms with Crippen LogP contribution in [0.4, 0.5) is 0 Å². The lowest BCUT2D eigenvalue weighted by Crippen LogP contribution is -2.32. The Hall–Kier alpha value is -2.29. The normalized spacial score (nSPS) is 12.7. The summed E-state index contributed by atoms with van der Waals surface area (Å²) >= 11 is 1.48. The topological polar surface area (TPSA) is 71.7 Å². The van der Waals surface area contributed by atoms with E-state index in [9.17, 15) is 13.2 Å². The van der Waals surface area contributed by atoms with Crippen LogP contribution in [0.1, 0.15) is 50.4 Å². The summed E-state index contributed by atoms with van der Waals surface area (Å²) in [6, 6.07) is 14.1. The summed E-state index contributed by atoms with van der Waals surface area (Å²) in [6.07, 6.45) is 2.43. The second kappa shape index (κ2) is 10.3. The van der Waals surface area contributed by atoms with Crippen LogP contribution in [-0.4, -0.2) is 36.3 Å². The zero-order valence-electron chi connectivity index (χ0n) is 18.2. The van der Waals surface area contributed by atoms with Gasteiger partial charge in [0.15, 0.2) is 4.80 Å². The predicted octanol–water partition coefficient (Wildman–Crippen LogP) is 4.66. The molecule has 0 radical (unpaired) electrons. The van der Waals surface area contributed by atoms with Gasteiger partial charge >= 0.3 is 0 Å². The molecule has 0 fully saturated rings. The Morgan fingerprint density at radius 3 is 2.23 bits per heavy atom. The van der Waals surface area contributed by atoms with Crippen LogP contribution >= 0.6 is 11.3 Å². The number of rotatable bonds is 9. The number of carbonyl (C=O) groups excluding carboxylic acids is 1. The summed E-state index contributed by atoms with van der Waals surface area (Å²) in [4.78, 5) is 18.0. The second-order valence-electron chi connectivity index (χ2n) is 7.35. The minimum atomic E-state index is -3.57. The minimum Gasteiger partial charge on any atom is -0.316 e. The lowest BCUT2D eigenvalue weighted by Gasteiger charge is -2.21. The van der Waals surface area contributed by atoms with Crippen molar-refractivity contribution in [3.8, 4) is 0 Å². The molecule has 0 aliphatic carbocycles. The molecule has 0 atom stereocenters. The largest absolute Gasteiger partial charge is 0.316 e. The van der Waals surface area contributed by atoms with Gasteiger partial charge in [-0.3, -0.25) is 4.79 Å². The standard InChI is InChI=1S/C23H29N3O3S2/c1-4-15-25(16-5-2)31(28,29)19-13-11-18(12-14-19)22(27)24-23-26(17-6-3)20-9-7-8-10-21(20)30-23/h7-14H,4-6,15-17H2,1-3H3. The quantitative estimate of drug-likeness (QED) is 0.467. The first-order valence-corrected chi connectivity index (χ1v) is 13.0. The molecule has 1 amide bonds. The van der Waals surface area contributed by atoms with Gasteiger partial charge in [-0.2, -0.15) is 9.30 Å². The molecule has 3 aromatic rings. The Morgan fingerprint density at radius 1 is 0.968 bits per heavy atom. The number of hydrogen-bond donors (Lipinski definition) is 0. The van der Waals surface area contributed by atoms with Crippen molar-refractivity contribution < 1.29 is 13.2 Å². The number of fused-ring (bicyclic) bond motifs is 1. The molecule has 2 aromatic carbocycles. The van der Waals surface area contributed by atoms with Crippen LogP contribution in [0.3, 0.4) is 0 Å². The van der Waals surface area contributed by atoms with E-state index in [1.54, 1.807) is 12.1 Å². The van der Waals surface area contributed by atoms with Gasteiger partial charge in [0.25, 0.3) is 5.91 Å². The van der Waals surface area contributed by atoms with Gasteiger partial charge in [0.05, 0.1) is 15.1 Å². The molecule has 0 saturated heterocycles. The van der Waals surface area contributed by atoms with Gasteiger partial charge in [0, 0.05) is 25.2 Å². The van der Waals surface area contributed by atoms with E-state index in [1.807, 2.05) is 38.1 Å². The minimum absolute atomic E-state index is 0.203. The van der Waals surface area contributed by atoms with E-state index in [4.69, 9.17) is 0 Å². The van der Waals surface area contributed by atoms with E-state index in [1.165, 1.54) is 27.8 Å². The van der Waals surface area contributed by atoms with Crippen LogP contribution in [0, 0.1) is 0 Å². The summed E-state index contributed by atoms with van der Waals surface area (Å²) in [7, 11) is -3.57. The molecular weight excluding hydrogens is 430 g/mol. The zero-order valence-corrected chi connectivity index (χ0v) is 19.9. The molecule has 0 unspecified atom stereocenters. The molecular formula is C23H29N3O3S2. The first kappa shape index (κ1) is 23.4. The van der Waals surface area contributed by atoms with Gasteiger partial charge in [0.1, 0.15) is 0 Å². The molecule has 6 nitrogen and oxygen atoms in total. The SMILES string of the molecule is CCCN(CCC)S(=O)(=O)c1ccc(C(=O)N=c2sc3ccccc3n2CCC)cc1. The summed E-state index contributed by atoms with van der Waals surface area (Å²) in [6.45, 7) is 7.74. The molecule has 8 heteroatoms. The van der Waals surface area contributed by atoms with Crippen LogP contribution in [0.2, 0.25) is 0 Å². The summed E-state index contributed by atoms with van der Waals surface area (Å²) in [5.74, 6) is -0.376. The highest BCUT2D eigenvalue weighted by Gasteiger charge is 2.23. The van der Waals surface area contributed by atoms with Crippen molar-refractivity contribution in [2.45, 2.75) is 51.5 Å². The summed E-state index contributed by atoms with van der Waals surface area (Å²) in [5, 5.41) is 0. The Morgan fingerprint density at radius 2 is 1.61 bits per heavy atom. The number of aromatic nitrogens is 1. The van der Waals surface area contributed by atoms with Gasteiger partial charge in [-0.15, -0.1) is 0 Å². The van der Waals surface area contributed by atoms with Gasteiger partial charge in [-0.05, 0) is 55.7 Å². The first-order chi connectivity index (χ1) is 14.9. The van der Waals surface area contributed by atoms with E-state index in [0.29, 0.717) is 23.5 Å². The van der Waals surface area contributed by atoms with Crippen molar-refractivity contribution >= 4 is 37.5 Å². The second-order valence-corrected chi connectivity index (χ2v) is 10.3. The number of amides is 1. The van der Waals surface area contributed by atoms with Gasteiger partial charge in [-0.1, -0.05) is 44.2 Å². The Balaban J connectivity index is 1.92. The van der Waals surface area contributed by atoms with E-state index in [-0.39, 0.29) is 10.8 Å². The predicted molar refractivity (Wildman–Crippen MR) is 126 cm³/mol. The number of para-hydroxylation sites is 1. The van der Waals surface area contributed by atoms with Gasteiger partial charge in [0.2, 0.25) is 10.0 Å². The lowest BCUT2D eigenvalue weighted by atomic mass is 10.2. The van der Waals surface area contributed by atoms with E-state index >= 15 is 0 Å². The summed E-state index contributed by atoms with van der Waals surface area (Å²) < 4.78 is 30.5. The van der Waals surface area contributed by atoms with Crippen LogP contribution in [-0.2, 0) is 16.6 Å². The Labute approximate surface area is 187 Å². The maximum absolute atomic E-state index is 12.9. The van der Waals surface area contributed by atoms with Crippen molar-refractivity contribution in [3.05, 3.63) is 58.9 Å². The van der Waals surface area contributed by atoms with Crippen molar-refractivity contribution in [1.29, 1.82) is 0 Å². The van der Waals surface area contributed by atoms with Crippen molar-refractivity contribution in [3.63, 3.8) is 0 Å². The van der Waals surface area contributed by atoms with Crippen molar-refractivity contribution in [1.82, 2.24) is 8.87 Å².